The molecule has 1 aliphatic heterocycles. The molecule has 0 bridgehead atoms. The van der Waals surface area contributed by atoms with E-state index in [1.165, 1.54) is 6.20 Å². The number of aromatic nitrogens is 2. The van der Waals surface area contributed by atoms with E-state index >= 15 is 0 Å². The Bertz CT molecular complexity index is 1290. The van der Waals surface area contributed by atoms with Crippen LogP contribution in [0.25, 0.3) is 16.6 Å². The summed E-state index contributed by atoms with van der Waals surface area (Å²) in [4.78, 5) is 26.2. The van der Waals surface area contributed by atoms with Gasteiger partial charge in [0.2, 0.25) is 0 Å². The van der Waals surface area contributed by atoms with Crippen molar-refractivity contribution < 1.29 is 14.3 Å². The molecule has 1 saturated carbocycles. The Morgan fingerprint density at radius 3 is 2.57 bits per heavy atom. The Morgan fingerprint density at radius 2 is 1.94 bits per heavy atom. The molecule has 2 aromatic heterocycles. The predicted molar refractivity (Wildman–Crippen MR) is 135 cm³/mol. The number of carbonyl (C=O) groups is 2. The number of hydrogen-bond acceptors (Lipinski definition) is 6. The molecular formula is C26H32N6O3. The Morgan fingerprint density at radius 1 is 1.20 bits per heavy atom. The molecule has 2 amide bonds. The van der Waals surface area contributed by atoms with Crippen molar-refractivity contribution in [3.63, 3.8) is 0 Å². The summed E-state index contributed by atoms with van der Waals surface area (Å²) in [6.07, 6.45) is 5.21. The van der Waals surface area contributed by atoms with Crippen LogP contribution < -0.4 is 21.7 Å². The number of ether oxygens (including phenoxy) is 1. The quantitative estimate of drug-likeness (QED) is 0.520. The number of nitrogens with one attached hydrogen (secondary N) is 1. The Labute approximate surface area is 204 Å². The number of anilines is 2. The average molecular weight is 477 g/mol. The summed E-state index contributed by atoms with van der Waals surface area (Å²) in [5.41, 5.74) is 16.3. The van der Waals surface area contributed by atoms with Crippen LogP contribution in [0.5, 0.6) is 0 Å². The molecule has 3 heterocycles. The molecule has 9 heteroatoms. The number of nitrogens with two attached hydrogens (primary N) is 2. The summed E-state index contributed by atoms with van der Waals surface area (Å²) >= 11 is 0. The molecule has 2 atom stereocenters. The molecule has 9 nitrogen and oxygen atoms in total. The van der Waals surface area contributed by atoms with Crippen molar-refractivity contribution in [2.75, 3.05) is 30.0 Å². The number of primary amides is 1. The SMILES string of the molecule is CC1(C)[C@H](Nc2c(C(N)=O)cnn3cc(-c4ccc(N5CCOCC5=O)cc4)cc23)CC[C@]1(C)N. The molecule has 0 radical (unpaired) electrons. The monoisotopic (exact) mass is 476 g/mol. The molecule has 0 spiro atoms. The van der Waals surface area contributed by atoms with Gasteiger partial charge in [0.15, 0.2) is 0 Å². The molecule has 5 rings (SSSR count). The van der Waals surface area contributed by atoms with E-state index in [0.29, 0.717) is 24.4 Å². The second-order valence-corrected chi connectivity index (χ2v) is 10.4. The first-order valence-electron chi connectivity index (χ1n) is 11.9. The highest BCUT2D eigenvalue weighted by molar-refractivity contribution is 6.02. The Kier molecular flexibility index (Phi) is 5.56. The fourth-order valence-electron chi connectivity index (χ4n) is 5.13. The van der Waals surface area contributed by atoms with Crippen LogP contribution in [0.3, 0.4) is 0 Å². The van der Waals surface area contributed by atoms with E-state index in [2.05, 4.69) is 31.2 Å². The molecule has 35 heavy (non-hydrogen) atoms. The molecule has 0 unspecified atom stereocenters. The first-order valence-corrected chi connectivity index (χ1v) is 11.9. The normalized spacial score (nSPS) is 24.2. The van der Waals surface area contributed by atoms with Crippen LogP contribution in [0.4, 0.5) is 11.4 Å². The lowest BCUT2D eigenvalue weighted by Gasteiger charge is -2.39. The third-order valence-corrected chi connectivity index (χ3v) is 8.01. The van der Waals surface area contributed by atoms with Crippen LogP contribution in [-0.2, 0) is 9.53 Å². The highest BCUT2D eigenvalue weighted by atomic mass is 16.5. The first kappa shape index (κ1) is 23.3. The van der Waals surface area contributed by atoms with Crippen LogP contribution in [0.1, 0.15) is 44.0 Å². The van der Waals surface area contributed by atoms with Crippen LogP contribution in [0, 0.1) is 5.41 Å². The Balaban J connectivity index is 1.50. The van der Waals surface area contributed by atoms with Gasteiger partial charge in [-0.25, -0.2) is 4.52 Å². The van der Waals surface area contributed by atoms with Crippen molar-refractivity contribution in [1.82, 2.24) is 9.61 Å². The van der Waals surface area contributed by atoms with Crippen molar-refractivity contribution in [2.24, 2.45) is 16.9 Å². The van der Waals surface area contributed by atoms with Gasteiger partial charge in [0.1, 0.15) is 6.61 Å². The minimum atomic E-state index is -0.531. The molecule has 3 aromatic rings. The van der Waals surface area contributed by atoms with Gasteiger partial charge >= 0.3 is 0 Å². The lowest BCUT2D eigenvalue weighted by molar-refractivity contribution is -0.125. The largest absolute Gasteiger partial charge is 0.379 e. The van der Waals surface area contributed by atoms with Gasteiger partial charge in [-0.3, -0.25) is 9.59 Å². The highest BCUT2D eigenvalue weighted by Gasteiger charge is 2.49. The van der Waals surface area contributed by atoms with Crippen LogP contribution in [0.15, 0.2) is 42.7 Å². The maximum absolute atomic E-state index is 12.3. The van der Waals surface area contributed by atoms with Crippen molar-refractivity contribution in [3.05, 3.63) is 48.3 Å². The van der Waals surface area contributed by atoms with Crippen molar-refractivity contribution in [3.8, 4) is 11.1 Å². The van der Waals surface area contributed by atoms with Gasteiger partial charge < -0.3 is 26.4 Å². The number of nitrogens with zero attached hydrogens (tertiary/aromatic N) is 3. The second-order valence-electron chi connectivity index (χ2n) is 10.4. The number of rotatable bonds is 5. The van der Waals surface area contributed by atoms with Gasteiger partial charge in [-0.1, -0.05) is 26.0 Å². The predicted octanol–water partition coefficient (Wildman–Crippen LogP) is 2.78. The second kappa shape index (κ2) is 8.35. The maximum Gasteiger partial charge on any atom is 0.253 e. The van der Waals surface area contributed by atoms with Gasteiger partial charge in [0.25, 0.3) is 11.8 Å². The Hall–Kier alpha value is -3.43. The number of benzene rings is 1. The smallest absolute Gasteiger partial charge is 0.253 e. The van der Waals surface area contributed by atoms with E-state index in [4.69, 9.17) is 16.2 Å². The number of carbonyl (C=O) groups excluding carboxylic acids is 2. The number of morpholine rings is 1. The zero-order valence-electron chi connectivity index (χ0n) is 20.4. The molecule has 2 aliphatic rings. The molecule has 1 saturated heterocycles. The summed E-state index contributed by atoms with van der Waals surface area (Å²) in [5.74, 6) is -0.572. The minimum Gasteiger partial charge on any atom is -0.379 e. The molecule has 5 N–H and O–H groups in total. The van der Waals surface area contributed by atoms with Gasteiger partial charge in [0, 0.05) is 41.0 Å². The van der Waals surface area contributed by atoms with Crippen LogP contribution >= 0.6 is 0 Å². The van der Waals surface area contributed by atoms with E-state index in [-0.39, 0.29) is 29.5 Å². The maximum atomic E-state index is 12.3. The lowest BCUT2D eigenvalue weighted by Crippen LogP contribution is -2.51. The fraction of sp³-hybridized carbons (Fsp3) is 0.423. The number of hydrogen-bond donors (Lipinski definition) is 3. The lowest BCUT2D eigenvalue weighted by atomic mass is 9.75. The van der Waals surface area contributed by atoms with Gasteiger partial charge in [-0.05, 0) is 43.5 Å². The fourth-order valence-corrected chi connectivity index (χ4v) is 5.13. The third kappa shape index (κ3) is 3.94. The molecule has 2 fully saturated rings. The van der Waals surface area contributed by atoms with Crippen LogP contribution in [-0.4, -0.2) is 52.8 Å². The summed E-state index contributed by atoms with van der Waals surface area (Å²) in [5, 5.41) is 8.04. The van der Waals surface area contributed by atoms with Crippen molar-refractivity contribution >= 4 is 28.7 Å². The van der Waals surface area contributed by atoms with E-state index in [9.17, 15) is 9.59 Å². The third-order valence-electron chi connectivity index (χ3n) is 8.01. The molecule has 1 aliphatic carbocycles. The van der Waals surface area contributed by atoms with Gasteiger partial charge in [-0.2, -0.15) is 5.10 Å². The summed E-state index contributed by atoms with van der Waals surface area (Å²) < 4.78 is 6.98. The zero-order chi connectivity index (χ0) is 25.0. The molecule has 184 valence electrons. The summed E-state index contributed by atoms with van der Waals surface area (Å²) in [7, 11) is 0. The van der Waals surface area contributed by atoms with Crippen LogP contribution in [0.2, 0.25) is 0 Å². The topological polar surface area (TPSA) is 128 Å². The van der Waals surface area contributed by atoms with Crippen molar-refractivity contribution in [1.29, 1.82) is 0 Å². The highest BCUT2D eigenvalue weighted by Crippen LogP contribution is 2.46. The molecule has 1 aromatic carbocycles. The van der Waals surface area contributed by atoms with E-state index in [0.717, 1.165) is 35.2 Å². The van der Waals surface area contributed by atoms with Gasteiger partial charge in [0.05, 0.1) is 29.6 Å². The molecular weight excluding hydrogens is 444 g/mol. The number of amides is 2. The van der Waals surface area contributed by atoms with E-state index in [1.807, 2.05) is 36.5 Å². The summed E-state index contributed by atoms with van der Waals surface area (Å²) in [6.45, 7) is 7.58. The number of fused-ring (bicyclic) bond motifs is 1. The minimum absolute atomic E-state index is 0.0408. The average Bonchev–Trinajstić information content (AvgIpc) is 3.34. The van der Waals surface area contributed by atoms with Gasteiger partial charge in [-0.15, -0.1) is 0 Å². The first-order chi connectivity index (χ1) is 16.6. The summed E-state index contributed by atoms with van der Waals surface area (Å²) in [6, 6.07) is 9.91. The zero-order valence-corrected chi connectivity index (χ0v) is 20.4. The van der Waals surface area contributed by atoms with Crippen molar-refractivity contribution in [2.45, 2.75) is 45.2 Å². The standard InChI is InChI=1S/C26H32N6O3/c1-25(2)21(8-9-26(25,3)28)30-23-19(24(27)34)13-29-32-14-17(12-20(23)32)16-4-6-18(7-5-16)31-10-11-35-15-22(31)33/h4-7,12-14,21,30H,8-11,15,28H2,1-3H3,(H2,27,34)/t21-,26+/m1/s1. The van der Waals surface area contributed by atoms with E-state index < -0.39 is 5.91 Å². The van der Waals surface area contributed by atoms with E-state index in [1.54, 1.807) is 9.42 Å².